The zero-order valence-electron chi connectivity index (χ0n) is 5.37. The van der Waals surface area contributed by atoms with Crippen molar-refractivity contribution < 1.29 is 14.7 Å². The van der Waals surface area contributed by atoms with E-state index in [1.54, 1.807) is 0 Å². The van der Waals surface area contributed by atoms with Crippen molar-refractivity contribution in [3.05, 3.63) is 0 Å². The van der Waals surface area contributed by atoms with Crippen molar-refractivity contribution in [2.45, 2.75) is 12.8 Å². The zero-order chi connectivity index (χ0) is 7.56. The van der Waals surface area contributed by atoms with Gasteiger partial charge in [0.15, 0.2) is 5.12 Å². The molecule has 0 atom stereocenters. The summed E-state index contributed by atoms with van der Waals surface area (Å²) in [7, 11) is 0. The van der Waals surface area contributed by atoms with Crippen LogP contribution in [-0.2, 0) is 9.59 Å². The molecule has 0 aromatic carbocycles. The molecule has 1 fully saturated rings. The van der Waals surface area contributed by atoms with E-state index in [0.29, 0.717) is 0 Å². The fraction of sp³-hybridized carbons (Fsp3) is 0.667. The van der Waals surface area contributed by atoms with E-state index in [-0.39, 0.29) is 16.8 Å². The maximum Gasteiger partial charge on any atom is 0.313 e. The smallest absolute Gasteiger partial charge is 0.313 e. The third-order valence-corrected chi connectivity index (χ3v) is 2.26. The highest BCUT2D eigenvalue weighted by molar-refractivity contribution is 8.14. The average molecular weight is 160 g/mol. The summed E-state index contributed by atoms with van der Waals surface area (Å²) in [6.07, 6.45) is 1.90. The summed E-state index contributed by atoms with van der Waals surface area (Å²) < 4.78 is 0. The second-order valence-corrected chi connectivity index (χ2v) is 3.26. The summed E-state index contributed by atoms with van der Waals surface area (Å²) in [6, 6.07) is 0. The SMILES string of the molecule is O=C(O)CSC(=O)C1CC1. The van der Waals surface area contributed by atoms with E-state index >= 15 is 0 Å². The van der Waals surface area contributed by atoms with Crippen molar-refractivity contribution in [1.29, 1.82) is 0 Å². The first kappa shape index (κ1) is 7.60. The highest BCUT2D eigenvalue weighted by Gasteiger charge is 2.29. The molecule has 0 heterocycles. The number of carbonyl (C=O) groups is 2. The first-order valence-electron chi connectivity index (χ1n) is 3.08. The van der Waals surface area contributed by atoms with Gasteiger partial charge in [0.2, 0.25) is 0 Å². The van der Waals surface area contributed by atoms with Crippen LogP contribution in [0.15, 0.2) is 0 Å². The minimum absolute atomic E-state index is 0.0439. The second kappa shape index (κ2) is 3.05. The Morgan fingerprint density at radius 2 is 2.10 bits per heavy atom. The fourth-order valence-electron chi connectivity index (χ4n) is 0.570. The van der Waals surface area contributed by atoms with Gasteiger partial charge in [-0.25, -0.2) is 0 Å². The van der Waals surface area contributed by atoms with Crippen molar-refractivity contribution in [3.63, 3.8) is 0 Å². The number of hydrogen-bond acceptors (Lipinski definition) is 3. The van der Waals surface area contributed by atoms with Crippen LogP contribution in [0.1, 0.15) is 12.8 Å². The van der Waals surface area contributed by atoms with Crippen molar-refractivity contribution >= 4 is 22.8 Å². The van der Waals surface area contributed by atoms with Crippen LogP contribution in [0.2, 0.25) is 0 Å². The molecule has 0 radical (unpaired) electrons. The van der Waals surface area contributed by atoms with Gasteiger partial charge in [0.1, 0.15) is 0 Å². The molecule has 0 bridgehead atoms. The summed E-state index contributed by atoms with van der Waals surface area (Å²) in [4.78, 5) is 20.8. The van der Waals surface area contributed by atoms with E-state index < -0.39 is 5.97 Å². The Balaban J connectivity index is 2.12. The summed E-state index contributed by atoms with van der Waals surface area (Å²) in [5.41, 5.74) is 0. The molecule has 0 aromatic rings. The Morgan fingerprint density at radius 1 is 1.50 bits per heavy atom. The normalized spacial score (nSPS) is 16.8. The van der Waals surface area contributed by atoms with Crippen LogP contribution >= 0.6 is 11.8 Å². The fourth-order valence-corrected chi connectivity index (χ4v) is 1.31. The number of carboxylic acid groups (broad SMARTS) is 1. The molecule has 1 rings (SSSR count). The maximum absolute atomic E-state index is 10.8. The van der Waals surface area contributed by atoms with Crippen molar-refractivity contribution in [1.82, 2.24) is 0 Å². The molecule has 56 valence electrons. The molecule has 10 heavy (non-hydrogen) atoms. The van der Waals surface area contributed by atoms with Crippen LogP contribution in [0.3, 0.4) is 0 Å². The summed E-state index contributed by atoms with van der Waals surface area (Å²) in [5, 5.41) is 8.24. The van der Waals surface area contributed by atoms with Gasteiger partial charge in [0.05, 0.1) is 5.75 Å². The van der Waals surface area contributed by atoms with Gasteiger partial charge in [0, 0.05) is 5.92 Å². The Kier molecular flexibility index (Phi) is 2.32. The number of thioether (sulfide) groups is 1. The molecule has 1 saturated carbocycles. The van der Waals surface area contributed by atoms with Crippen molar-refractivity contribution in [2.75, 3.05) is 5.75 Å². The molecule has 1 aliphatic rings. The number of aliphatic carboxylic acids is 1. The molecular formula is C6H8O3S. The van der Waals surface area contributed by atoms with Crippen LogP contribution in [0.25, 0.3) is 0 Å². The Labute approximate surface area is 62.8 Å². The lowest BCUT2D eigenvalue weighted by atomic mass is 10.5. The van der Waals surface area contributed by atoms with Gasteiger partial charge in [-0.05, 0) is 12.8 Å². The molecule has 1 aliphatic carbocycles. The zero-order valence-corrected chi connectivity index (χ0v) is 6.19. The van der Waals surface area contributed by atoms with Gasteiger partial charge in [-0.3, -0.25) is 9.59 Å². The molecule has 1 N–H and O–H groups in total. The van der Waals surface area contributed by atoms with Crippen LogP contribution in [0.5, 0.6) is 0 Å². The monoisotopic (exact) mass is 160 g/mol. The lowest BCUT2D eigenvalue weighted by Gasteiger charge is -1.91. The van der Waals surface area contributed by atoms with E-state index in [1.165, 1.54) is 0 Å². The minimum Gasteiger partial charge on any atom is -0.481 e. The molecule has 0 aromatic heterocycles. The second-order valence-electron chi connectivity index (χ2n) is 2.28. The summed E-state index contributed by atoms with van der Waals surface area (Å²) >= 11 is 0.917. The first-order chi connectivity index (χ1) is 4.70. The highest BCUT2D eigenvalue weighted by Crippen LogP contribution is 2.33. The number of hydrogen-bond donors (Lipinski definition) is 1. The van der Waals surface area contributed by atoms with E-state index in [9.17, 15) is 9.59 Å². The third-order valence-electron chi connectivity index (χ3n) is 1.25. The number of rotatable bonds is 3. The van der Waals surface area contributed by atoms with Crippen LogP contribution in [0.4, 0.5) is 0 Å². The van der Waals surface area contributed by atoms with Crippen LogP contribution in [-0.4, -0.2) is 21.9 Å². The lowest BCUT2D eigenvalue weighted by molar-refractivity contribution is -0.134. The van der Waals surface area contributed by atoms with Crippen LogP contribution in [0, 0.1) is 5.92 Å². The highest BCUT2D eigenvalue weighted by atomic mass is 32.2. The van der Waals surface area contributed by atoms with E-state index in [4.69, 9.17) is 5.11 Å². The largest absolute Gasteiger partial charge is 0.481 e. The summed E-state index contributed by atoms with van der Waals surface area (Å²) in [6.45, 7) is 0. The molecule has 3 nitrogen and oxygen atoms in total. The lowest BCUT2D eigenvalue weighted by Crippen LogP contribution is -2.03. The quantitative estimate of drug-likeness (QED) is 0.661. The van der Waals surface area contributed by atoms with E-state index in [1.807, 2.05) is 0 Å². The van der Waals surface area contributed by atoms with Crippen LogP contribution < -0.4 is 0 Å². The van der Waals surface area contributed by atoms with Gasteiger partial charge in [0.25, 0.3) is 0 Å². The van der Waals surface area contributed by atoms with Gasteiger partial charge >= 0.3 is 5.97 Å². The predicted molar refractivity (Wildman–Crippen MR) is 37.8 cm³/mol. The predicted octanol–water partition coefficient (Wildman–Crippen LogP) is 0.741. The van der Waals surface area contributed by atoms with Crippen molar-refractivity contribution in [2.24, 2.45) is 5.92 Å². The summed E-state index contributed by atoms with van der Waals surface area (Å²) in [5.74, 6) is -0.835. The minimum atomic E-state index is -0.918. The number of carbonyl (C=O) groups excluding carboxylic acids is 1. The van der Waals surface area contributed by atoms with E-state index in [2.05, 4.69) is 0 Å². The Hall–Kier alpha value is -0.510. The van der Waals surface area contributed by atoms with Crippen molar-refractivity contribution in [3.8, 4) is 0 Å². The third kappa shape index (κ3) is 2.39. The molecule has 0 spiro atoms. The molecule has 0 unspecified atom stereocenters. The van der Waals surface area contributed by atoms with Gasteiger partial charge in [-0.1, -0.05) is 11.8 Å². The molecule has 0 saturated heterocycles. The molecule has 0 amide bonds. The molecule has 4 heteroatoms. The van der Waals surface area contributed by atoms with Gasteiger partial charge < -0.3 is 5.11 Å². The topological polar surface area (TPSA) is 54.4 Å². The number of carboxylic acids is 1. The van der Waals surface area contributed by atoms with Gasteiger partial charge in [-0.15, -0.1) is 0 Å². The first-order valence-corrected chi connectivity index (χ1v) is 4.07. The molecular weight excluding hydrogens is 152 g/mol. The average Bonchev–Trinajstić information content (AvgIpc) is 2.63. The maximum atomic E-state index is 10.8. The van der Waals surface area contributed by atoms with E-state index in [0.717, 1.165) is 24.6 Å². The molecule has 0 aliphatic heterocycles. The Bertz CT molecular complexity index is 162. The Morgan fingerprint density at radius 3 is 2.50 bits per heavy atom. The standard InChI is InChI=1S/C6H8O3S/c7-5(8)3-10-6(9)4-1-2-4/h4H,1-3H2,(H,7,8). The van der Waals surface area contributed by atoms with Gasteiger partial charge in [-0.2, -0.15) is 0 Å².